The zero-order valence-corrected chi connectivity index (χ0v) is 15.7. The van der Waals surface area contributed by atoms with Crippen LogP contribution in [0.4, 0.5) is 5.69 Å². The van der Waals surface area contributed by atoms with Crippen molar-refractivity contribution in [3.8, 4) is 11.6 Å². The first-order valence-electron chi connectivity index (χ1n) is 8.46. The van der Waals surface area contributed by atoms with E-state index in [1.165, 1.54) is 12.1 Å². The number of nitro groups is 1. The van der Waals surface area contributed by atoms with Gasteiger partial charge in [0.15, 0.2) is 5.69 Å². The molecule has 26 heavy (non-hydrogen) atoms. The topological polar surface area (TPSA) is 99.3 Å². The number of aromatic nitrogens is 2. The van der Waals surface area contributed by atoms with E-state index in [1.807, 2.05) is 27.7 Å². The Morgan fingerprint density at radius 1 is 1.35 bits per heavy atom. The van der Waals surface area contributed by atoms with Gasteiger partial charge in [0, 0.05) is 18.2 Å². The average molecular weight is 360 g/mol. The Balaban J connectivity index is 2.52. The van der Waals surface area contributed by atoms with Gasteiger partial charge in [0.1, 0.15) is 0 Å². The summed E-state index contributed by atoms with van der Waals surface area (Å²) in [4.78, 5) is 23.1. The lowest BCUT2D eigenvalue weighted by Gasteiger charge is -2.22. The molecule has 1 amide bonds. The molecule has 0 aliphatic rings. The van der Waals surface area contributed by atoms with Gasteiger partial charge < -0.3 is 10.1 Å². The fourth-order valence-electron chi connectivity index (χ4n) is 2.39. The van der Waals surface area contributed by atoms with E-state index in [0.717, 1.165) is 6.42 Å². The van der Waals surface area contributed by atoms with E-state index in [-0.39, 0.29) is 23.0 Å². The van der Waals surface area contributed by atoms with Gasteiger partial charge >= 0.3 is 5.69 Å². The number of hydrogen-bond acceptors (Lipinski definition) is 5. The SMILES string of the molecule is CCCNC(=O)c1nn(C(C)(C)C)c(Oc2ccccc2[N+](=O)[O-])c1C. The Morgan fingerprint density at radius 2 is 2.00 bits per heavy atom. The highest BCUT2D eigenvalue weighted by Crippen LogP contribution is 2.36. The minimum atomic E-state index is -0.503. The third kappa shape index (κ3) is 4.01. The Hall–Kier alpha value is -2.90. The molecular formula is C18H24N4O4. The second-order valence-corrected chi connectivity index (χ2v) is 6.94. The Morgan fingerprint density at radius 3 is 2.58 bits per heavy atom. The van der Waals surface area contributed by atoms with E-state index in [1.54, 1.807) is 23.7 Å². The van der Waals surface area contributed by atoms with Gasteiger partial charge in [-0.05, 0) is 40.2 Å². The molecule has 8 heteroatoms. The molecule has 8 nitrogen and oxygen atoms in total. The number of amides is 1. The number of hydrogen-bond donors (Lipinski definition) is 1. The molecule has 2 aromatic rings. The molecule has 0 bridgehead atoms. The first-order valence-corrected chi connectivity index (χ1v) is 8.46. The molecule has 2 rings (SSSR count). The molecule has 1 heterocycles. The molecule has 1 aromatic heterocycles. The second kappa shape index (κ2) is 7.55. The number of nitrogens with one attached hydrogen (secondary N) is 1. The molecule has 0 fully saturated rings. The fraction of sp³-hybridized carbons (Fsp3) is 0.444. The number of carbonyl (C=O) groups is 1. The van der Waals surface area contributed by atoms with Gasteiger partial charge in [0.05, 0.1) is 10.5 Å². The third-order valence-corrected chi connectivity index (χ3v) is 3.72. The lowest BCUT2D eigenvalue weighted by Crippen LogP contribution is -2.27. The van der Waals surface area contributed by atoms with Gasteiger partial charge in [0.25, 0.3) is 5.91 Å². The Kier molecular flexibility index (Phi) is 5.64. The molecule has 1 aromatic carbocycles. The van der Waals surface area contributed by atoms with Crippen molar-refractivity contribution in [2.75, 3.05) is 6.54 Å². The second-order valence-electron chi connectivity index (χ2n) is 6.94. The van der Waals surface area contributed by atoms with E-state index >= 15 is 0 Å². The normalized spacial score (nSPS) is 11.3. The molecule has 0 saturated carbocycles. The van der Waals surface area contributed by atoms with Crippen molar-refractivity contribution in [3.63, 3.8) is 0 Å². The van der Waals surface area contributed by atoms with Crippen LogP contribution < -0.4 is 10.1 Å². The summed E-state index contributed by atoms with van der Waals surface area (Å²) in [7, 11) is 0. The molecule has 0 atom stereocenters. The number of ether oxygens (including phenoxy) is 1. The lowest BCUT2D eigenvalue weighted by molar-refractivity contribution is -0.385. The minimum absolute atomic E-state index is 0.103. The number of benzene rings is 1. The summed E-state index contributed by atoms with van der Waals surface area (Å²) in [6.07, 6.45) is 0.810. The largest absolute Gasteiger partial charge is 0.432 e. The highest BCUT2D eigenvalue weighted by molar-refractivity contribution is 5.94. The maximum absolute atomic E-state index is 12.4. The monoisotopic (exact) mass is 360 g/mol. The zero-order valence-electron chi connectivity index (χ0n) is 15.7. The average Bonchev–Trinajstić information content (AvgIpc) is 2.90. The van der Waals surface area contributed by atoms with Crippen LogP contribution in [0.15, 0.2) is 24.3 Å². The maximum atomic E-state index is 12.4. The summed E-state index contributed by atoms with van der Waals surface area (Å²) in [5, 5.41) is 18.5. The Labute approximate surface area is 152 Å². The van der Waals surface area contributed by atoms with E-state index in [4.69, 9.17) is 4.74 Å². The van der Waals surface area contributed by atoms with Crippen molar-refractivity contribution in [2.24, 2.45) is 0 Å². The molecule has 0 unspecified atom stereocenters. The summed E-state index contributed by atoms with van der Waals surface area (Å²) < 4.78 is 7.46. The van der Waals surface area contributed by atoms with Crippen LogP contribution in [-0.2, 0) is 5.54 Å². The molecule has 140 valence electrons. The summed E-state index contributed by atoms with van der Waals surface area (Å²) >= 11 is 0. The standard InChI is InChI=1S/C18H24N4O4/c1-6-11-19-16(23)15-12(2)17(21(20-15)18(3,4)5)26-14-10-8-7-9-13(14)22(24)25/h7-10H,6,11H2,1-5H3,(H,19,23). The van der Waals surface area contributed by atoms with E-state index in [9.17, 15) is 14.9 Å². The first kappa shape index (κ1) is 19.4. The highest BCUT2D eigenvalue weighted by Gasteiger charge is 2.29. The van der Waals surface area contributed by atoms with Crippen LogP contribution in [0.2, 0.25) is 0 Å². The summed E-state index contributed by atoms with van der Waals surface area (Å²) in [5.74, 6) is 0.125. The van der Waals surface area contributed by atoms with Crippen LogP contribution >= 0.6 is 0 Å². The number of carbonyl (C=O) groups excluding carboxylic acids is 1. The molecular weight excluding hydrogens is 336 g/mol. The predicted molar refractivity (Wildman–Crippen MR) is 97.8 cm³/mol. The van der Waals surface area contributed by atoms with Crippen molar-refractivity contribution in [1.82, 2.24) is 15.1 Å². The van der Waals surface area contributed by atoms with Crippen LogP contribution in [0.1, 0.15) is 50.2 Å². The molecule has 1 N–H and O–H groups in total. The van der Waals surface area contributed by atoms with Gasteiger partial charge in [0.2, 0.25) is 11.6 Å². The predicted octanol–water partition coefficient (Wildman–Crippen LogP) is 3.79. The van der Waals surface area contributed by atoms with Crippen molar-refractivity contribution in [2.45, 2.75) is 46.6 Å². The maximum Gasteiger partial charge on any atom is 0.311 e. The number of nitro benzene ring substituents is 1. The highest BCUT2D eigenvalue weighted by atomic mass is 16.6. The van der Waals surface area contributed by atoms with E-state index in [2.05, 4.69) is 10.4 Å². The van der Waals surface area contributed by atoms with Crippen molar-refractivity contribution in [3.05, 3.63) is 45.6 Å². The van der Waals surface area contributed by atoms with Gasteiger partial charge in [-0.3, -0.25) is 14.9 Å². The van der Waals surface area contributed by atoms with Gasteiger partial charge in [-0.1, -0.05) is 19.1 Å². The molecule has 0 saturated heterocycles. The molecule has 0 radical (unpaired) electrons. The van der Waals surface area contributed by atoms with Gasteiger partial charge in [-0.25, -0.2) is 4.68 Å². The van der Waals surface area contributed by atoms with Crippen LogP contribution in [0, 0.1) is 17.0 Å². The third-order valence-electron chi connectivity index (χ3n) is 3.72. The van der Waals surface area contributed by atoms with Crippen molar-refractivity contribution in [1.29, 1.82) is 0 Å². The van der Waals surface area contributed by atoms with Gasteiger partial charge in [-0.2, -0.15) is 5.10 Å². The van der Waals surface area contributed by atoms with Crippen molar-refractivity contribution < 1.29 is 14.5 Å². The quantitative estimate of drug-likeness (QED) is 0.624. The van der Waals surface area contributed by atoms with Crippen molar-refractivity contribution >= 4 is 11.6 Å². The minimum Gasteiger partial charge on any atom is -0.432 e. The lowest BCUT2D eigenvalue weighted by atomic mass is 10.1. The summed E-state index contributed by atoms with van der Waals surface area (Å²) in [5.41, 5.74) is 0.159. The van der Waals surface area contributed by atoms with Crippen LogP contribution in [-0.4, -0.2) is 27.2 Å². The number of nitrogens with zero attached hydrogens (tertiary/aromatic N) is 3. The van der Waals surface area contributed by atoms with E-state index in [0.29, 0.717) is 18.0 Å². The summed E-state index contributed by atoms with van der Waals surface area (Å²) in [6, 6.07) is 6.12. The first-order chi connectivity index (χ1) is 12.2. The van der Waals surface area contributed by atoms with E-state index < -0.39 is 10.5 Å². The smallest absolute Gasteiger partial charge is 0.311 e. The number of rotatable bonds is 6. The Bertz CT molecular complexity index is 821. The number of para-hydroxylation sites is 2. The zero-order chi connectivity index (χ0) is 19.5. The van der Waals surface area contributed by atoms with Crippen LogP contribution in [0.25, 0.3) is 0 Å². The molecule has 0 spiro atoms. The fourth-order valence-corrected chi connectivity index (χ4v) is 2.39. The molecule has 0 aliphatic heterocycles. The van der Waals surface area contributed by atoms with Gasteiger partial charge in [-0.15, -0.1) is 0 Å². The van der Waals surface area contributed by atoms with Crippen LogP contribution in [0.5, 0.6) is 11.6 Å². The summed E-state index contributed by atoms with van der Waals surface area (Å²) in [6.45, 7) is 9.98. The van der Waals surface area contributed by atoms with Crippen LogP contribution in [0.3, 0.4) is 0 Å². The molecule has 0 aliphatic carbocycles.